The van der Waals surface area contributed by atoms with Crippen LogP contribution in [0.15, 0.2) is 48.5 Å². The molecule has 24 heavy (non-hydrogen) atoms. The van der Waals surface area contributed by atoms with Crippen molar-refractivity contribution in [3.8, 4) is 17.2 Å². The highest BCUT2D eigenvalue weighted by Gasteiger charge is 2.15. The average molecular weight is 337 g/mol. The molecule has 1 unspecified atom stereocenters. The zero-order valence-electron chi connectivity index (χ0n) is 13.2. The molecule has 0 bridgehead atoms. The fraction of sp³-hybridized carbons (Fsp3) is 0.235. The highest BCUT2D eigenvalue weighted by atomic mass is 19.3. The summed E-state index contributed by atoms with van der Waals surface area (Å²) in [7, 11) is 1.56. The Morgan fingerprint density at radius 1 is 0.917 bits per heavy atom. The van der Waals surface area contributed by atoms with Crippen molar-refractivity contribution < 1.29 is 27.8 Å². The predicted molar refractivity (Wildman–Crippen MR) is 84.8 cm³/mol. The molecule has 0 aromatic heterocycles. The smallest absolute Gasteiger partial charge is 0.387 e. The number of hydrogen-bond donors (Lipinski definition) is 1. The highest BCUT2D eigenvalue weighted by molar-refractivity contribution is 5.94. The maximum absolute atomic E-state index is 12.1. The van der Waals surface area contributed by atoms with E-state index in [1.165, 1.54) is 24.3 Å². The maximum Gasteiger partial charge on any atom is 0.387 e. The van der Waals surface area contributed by atoms with Crippen LogP contribution in [0.2, 0.25) is 0 Å². The number of alkyl halides is 2. The first-order chi connectivity index (χ1) is 11.5. The van der Waals surface area contributed by atoms with Crippen molar-refractivity contribution in [2.24, 2.45) is 0 Å². The van der Waals surface area contributed by atoms with Crippen LogP contribution >= 0.6 is 0 Å². The van der Waals surface area contributed by atoms with E-state index < -0.39 is 12.7 Å². The number of hydrogen-bond acceptors (Lipinski definition) is 4. The molecular formula is C17H17F2NO4. The number of anilines is 1. The molecule has 0 saturated heterocycles. The number of methoxy groups -OCH3 is 1. The van der Waals surface area contributed by atoms with Gasteiger partial charge in [-0.15, -0.1) is 0 Å². The van der Waals surface area contributed by atoms with Gasteiger partial charge in [-0.3, -0.25) is 4.79 Å². The number of nitrogens with one attached hydrogen (secondary N) is 1. The zero-order chi connectivity index (χ0) is 17.5. The second kappa shape index (κ2) is 8.14. The van der Waals surface area contributed by atoms with Gasteiger partial charge in [0, 0.05) is 5.69 Å². The number of carbonyl (C=O) groups excluding carboxylic acids is 1. The van der Waals surface area contributed by atoms with Crippen LogP contribution in [0.1, 0.15) is 6.92 Å². The van der Waals surface area contributed by atoms with Gasteiger partial charge in [0.15, 0.2) is 6.10 Å². The van der Waals surface area contributed by atoms with E-state index in [1.54, 1.807) is 38.3 Å². The topological polar surface area (TPSA) is 56.8 Å². The molecule has 1 atom stereocenters. The van der Waals surface area contributed by atoms with Gasteiger partial charge in [0.05, 0.1) is 7.11 Å². The lowest BCUT2D eigenvalue weighted by molar-refractivity contribution is -0.122. The monoisotopic (exact) mass is 337 g/mol. The van der Waals surface area contributed by atoms with Gasteiger partial charge in [0.1, 0.15) is 17.2 Å². The summed E-state index contributed by atoms with van der Waals surface area (Å²) < 4.78 is 39.0. The van der Waals surface area contributed by atoms with Crippen molar-refractivity contribution in [3.05, 3.63) is 48.5 Å². The molecule has 0 radical (unpaired) electrons. The number of rotatable bonds is 7. The molecule has 0 heterocycles. The zero-order valence-corrected chi connectivity index (χ0v) is 13.2. The molecule has 0 aliphatic carbocycles. The molecule has 2 rings (SSSR count). The lowest BCUT2D eigenvalue weighted by Crippen LogP contribution is -2.30. The largest absolute Gasteiger partial charge is 0.497 e. The summed E-state index contributed by atoms with van der Waals surface area (Å²) in [5.74, 6) is 0.864. The Bertz CT molecular complexity index is 659. The summed E-state index contributed by atoms with van der Waals surface area (Å²) in [5, 5.41) is 2.63. The van der Waals surface area contributed by atoms with Crippen LogP contribution in [0.5, 0.6) is 17.2 Å². The minimum Gasteiger partial charge on any atom is -0.497 e. The minimum absolute atomic E-state index is 0.0190. The molecular weight excluding hydrogens is 320 g/mol. The number of halogens is 2. The lowest BCUT2D eigenvalue weighted by atomic mass is 10.2. The Hall–Kier alpha value is -2.83. The standard InChI is InChI=1S/C17H17F2NO4/c1-11(23-14-9-7-13(22-2)8-10-14)16(21)20-12-3-5-15(6-4-12)24-17(18)19/h3-11,17H,1-2H3,(H,20,21). The third-order valence-electron chi connectivity index (χ3n) is 3.09. The molecule has 0 aliphatic heterocycles. The lowest BCUT2D eigenvalue weighted by Gasteiger charge is -2.15. The Morgan fingerprint density at radius 2 is 1.42 bits per heavy atom. The summed E-state index contributed by atoms with van der Waals surface area (Å²) >= 11 is 0. The molecule has 0 spiro atoms. The number of amides is 1. The van der Waals surface area contributed by atoms with E-state index >= 15 is 0 Å². The van der Waals surface area contributed by atoms with E-state index in [-0.39, 0.29) is 11.7 Å². The summed E-state index contributed by atoms with van der Waals surface area (Å²) in [6.45, 7) is -1.28. The molecule has 0 saturated carbocycles. The SMILES string of the molecule is COc1ccc(OC(C)C(=O)Nc2ccc(OC(F)F)cc2)cc1. The van der Waals surface area contributed by atoms with E-state index in [1.807, 2.05) is 0 Å². The van der Waals surface area contributed by atoms with Gasteiger partial charge in [-0.2, -0.15) is 8.78 Å². The van der Waals surface area contributed by atoms with Gasteiger partial charge in [-0.1, -0.05) is 0 Å². The second-order valence-electron chi connectivity index (χ2n) is 4.83. The summed E-state index contributed by atoms with van der Waals surface area (Å²) in [6, 6.07) is 12.5. The number of carbonyl (C=O) groups is 1. The summed E-state index contributed by atoms with van der Waals surface area (Å²) in [5.41, 5.74) is 0.451. The van der Waals surface area contributed by atoms with Crippen LogP contribution in [0, 0.1) is 0 Å². The van der Waals surface area contributed by atoms with Crippen molar-refractivity contribution in [1.82, 2.24) is 0 Å². The first kappa shape index (κ1) is 17.5. The second-order valence-corrected chi connectivity index (χ2v) is 4.83. The molecule has 1 amide bonds. The van der Waals surface area contributed by atoms with E-state index in [0.717, 1.165) is 0 Å². The molecule has 7 heteroatoms. The van der Waals surface area contributed by atoms with Crippen LogP contribution in [0.25, 0.3) is 0 Å². The fourth-order valence-corrected chi connectivity index (χ4v) is 1.88. The number of ether oxygens (including phenoxy) is 3. The van der Waals surface area contributed by atoms with Crippen LogP contribution in [-0.2, 0) is 4.79 Å². The average Bonchev–Trinajstić information content (AvgIpc) is 2.56. The minimum atomic E-state index is -2.89. The van der Waals surface area contributed by atoms with Gasteiger partial charge in [0.2, 0.25) is 0 Å². The van der Waals surface area contributed by atoms with Gasteiger partial charge >= 0.3 is 6.61 Å². The van der Waals surface area contributed by atoms with Crippen molar-refractivity contribution in [2.75, 3.05) is 12.4 Å². The van der Waals surface area contributed by atoms with Crippen LogP contribution in [0.3, 0.4) is 0 Å². The Balaban J connectivity index is 1.90. The van der Waals surface area contributed by atoms with E-state index in [0.29, 0.717) is 17.2 Å². The van der Waals surface area contributed by atoms with E-state index in [2.05, 4.69) is 10.1 Å². The summed E-state index contributed by atoms with van der Waals surface area (Å²) in [6.07, 6.45) is -0.740. The normalized spacial score (nSPS) is 11.7. The van der Waals surface area contributed by atoms with E-state index in [4.69, 9.17) is 9.47 Å². The Morgan fingerprint density at radius 3 is 1.96 bits per heavy atom. The highest BCUT2D eigenvalue weighted by Crippen LogP contribution is 2.20. The molecule has 0 fully saturated rings. The Labute approximate surface area is 138 Å². The first-order valence-electron chi connectivity index (χ1n) is 7.14. The van der Waals surface area contributed by atoms with Crippen molar-refractivity contribution >= 4 is 11.6 Å². The van der Waals surface area contributed by atoms with Gasteiger partial charge < -0.3 is 19.5 Å². The fourth-order valence-electron chi connectivity index (χ4n) is 1.88. The summed E-state index contributed by atoms with van der Waals surface area (Å²) in [4.78, 5) is 12.1. The van der Waals surface area contributed by atoms with Gasteiger partial charge in [-0.05, 0) is 55.5 Å². The van der Waals surface area contributed by atoms with Crippen molar-refractivity contribution in [2.45, 2.75) is 19.6 Å². The molecule has 0 aliphatic rings. The molecule has 128 valence electrons. The third kappa shape index (κ3) is 5.12. The van der Waals surface area contributed by atoms with E-state index in [9.17, 15) is 13.6 Å². The number of benzene rings is 2. The predicted octanol–water partition coefficient (Wildman–Crippen LogP) is 3.70. The quantitative estimate of drug-likeness (QED) is 0.837. The molecule has 1 N–H and O–H groups in total. The van der Waals surface area contributed by atoms with Crippen LogP contribution in [0.4, 0.5) is 14.5 Å². The van der Waals surface area contributed by atoms with Crippen LogP contribution in [-0.4, -0.2) is 25.7 Å². The molecule has 2 aromatic carbocycles. The molecule has 2 aromatic rings. The van der Waals surface area contributed by atoms with Crippen molar-refractivity contribution in [3.63, 3.8) is 0 Å². The third-order valence-corrected chi connectivity index (χ3v) is 3.09. The van der Waals surface area contributed by atoms with Crippen LogP contribution < -0.4 is 19.5 Å². The van der Waals surface area contributed by atoms with Crippen molar-refractivity contribution in [1.29, 1.82) is 0 Å². The van der Waals surface area contributed by atoms with Gasteiger partial charge in [-0.25, -0.2) is 0 Å². The maximum atomic E-state index is 12.1. The molecule has 5 nitrogen and oxygen atoms in total. The van der Waals surface area contributed by atoms with Gasteiger partial charge in [0.25, 0.3) is 5.91 Å². The Kier molecular flexibility index (Phi) is 5.95. The first-order valence-corrected chi connectivity index (χ1v) is 7.14.